The van der Waals surface area contributed by atoms with Crippen LogP contribution >= 0.6 is 0 Å². The molecule has 15 heavy (non-hydrogen) atoms. The fraction of sp³-hybridized carbons (Fsp3) is 1.00. The summed E-state index contributed by atoms with van der Waals surface area (Å²) in [6, 6.07) is 0. The highest BCUT2D eigenvalue weighted by molar-refractivity contribution is 4.79. The molecule has 0 aromatic rings. The summed E-state index contributed by atoms with van der Waals surface area (Å²) in [7, 11) is 0. The molecule has 3 nitrogen and oxygen atoms in total. The van der Waals surface area contributed by atoms with Crippen molar-refractivity contribution >= 4 is 0 Å². The lowest BCUT2D eigenvalue weighted by atomic mass is 9.81. The highest BCUT2D eigenvalue weighted by Gasteiger charge is 2.27. The van der Waals surface area contributed by atoms with Crippen molar-refractivity contribution in [2.45, 2.75) is 52.6 Å². The van der Waals surface area contributed by atoms with Gasteiger partial charge in [0.1, 0.15) is 0 Å². The van der Waals surface area contributed by atoms with E-state index >= 15 is 0 Å². The zero-order valence-corrected chi connectivity index (χ0v) is 10.7. The number of hydrogen-bond acceptors (Lipinski definition) is 3. The minimum atomic E-state index is -0.139. The molecule has 0 heterocycles. The van der Waals surface area contributed by atoms with E-state index in [1.165, 1.54) is 0 Å². The summed E-state index contributed by atoms with van der Waals surface area (Å²) < 4.78 is 5.67. The molecular weight excluding hydrogens is 190 g/mol. The molecule has 0 fully saturated rings. The Hall–Kier alpha value is -0.120. The normalized spacial score (nSPS) is 16.4. The molecule has 3 N–H and O–H groups in total. The lowest BCUT2D eigenvalue weighted by Crippen LogP contribution is -2.36. The molecule has 92 valence electrons. The quantitative estimate of drug-likeness (QED) is 0.685. The Labute approximate surface area is 94.0 Å². The van der Waals surface area contributed by atoms with Crippen molar-refractivity contribution in [3.05, 3.63) is 0 Å². The van der Waals surface area contributed by atoms with Crippen molar-refractivity contribution in [2.24, 2.45) is 11.1 Å². The third-order valence-electron chi connectivity index (χ3n) is 2.72. The number of aliphatic hydroxyl groups excluding tert-OH is 1. The van der Waals surface area contributed by atoms with Gasteiger partial charge in [-0.05, 0) is 33.6 Å². The molecule has 0 amide bonds. The van der Waals surface area contributed by atoms with Gasteiger partial charge in [0.15, 0.2) is 0 Å². The van der Waals surface area contributed by atoms with E-state index in [1.807, 2.05) is 20.8 Å². The van der Waals surface area contributed by atoms with Crippen molar-refractivity contribution < 1.29 is 9.84 Å². The van der Waals surface area contributed by atoms with Crippen LogP contribution in [0.1, 0.15) is 47.0 Å². The second-order valence-electron chi connectivity index (χ2n) is 5.32. The van der Waals surface area contributed by atoms with Crippen LogP contribution in [0.2, 0.25) is 0 Å². The summed E-state index contributed by atoms with van der Waals surface area (Å²) in [6.45, 7) is 9.59. The van der Waals surface area contributed by atoms with Gasteiger partial charge in [0.05, 0.1) is 5.60 Å². The van der Waals surface area contributed by atoms with Gasteiger partial charge in [-0.25, -0.2) is 0 Å². The first kappa shape index (κ1) is 14.9. The van der Waals surface area contributed by atoms with Gasteiger partial charge in [-0.1, -0.05) is 13.3 Å². The maximum Gasteiger partial charge on any atom is 0.0598 e. The summed E-state index contributed by atoms with van der Waals surface area (Å²) in [5, 5.41) is 9.40. The van der Waals surface area contributed by atoms with Crippen LogP contribution in [0.15, 0.2) is 0 Å². The van der Waals surface area contributed by atoms with Crippen molar-refractivity contribution in [3.8, 4) is 0 Å². The Balaban J connectivity index is 4.06. The van der Waals surface area contributed by atoms with Crippen molar-refractivity contribution in [1.29, 1.82) is 0 Å². The van der Waals surface area contributed by atoms with E-state index in [1.54, 1.807) is 0 Å². The number of aliphatic hydroxyl groups is 1. The van der Waals surface area contributed by atoms with Gasteiger partial charge in [0.25, 0.3) is 0 Å². The molecule has 0 aromatic carbocycles. The third-order valence-corrected chi connectivity index (χ3v) is 2.72. The molecule has 0 bridgehead atoms. The second-order valence-corrected chi connectivity index (χ2v) is 5.32. The van der Waals surface area contributed by atoms with Crippen molar-refractivity contribution in [1.82, 2.24) is 0 Å². The molecule has 0 aromatic heterocycles. The first-order valence-corrected chi connectivity index (χ1v) is 5.84. The zero-order valence-electron chi connectivity index (χ0n) is 10.7. The van der Waals surface area contributed by atoms with Crippen LogP contribution in [0, 0.1) is 5.41 Å². The molecule has 0 saturated heterocycles. The topological polar surface area (TPSA) is 55.5 Å². The van der Waals surface area contributed by atoms with E-state index in [-0.39, 0.29) is 17.6 Å². The second kappa shape index (κ2) is 6.46. The van der Waals surface area contributed by atoms with Gasteiger partial charge in [0, 0.05) is 25.2 Å². The van der Waals surface area contributed by atoms with Crippen LogP contribution in [-0.4, -0.2) is 30.5 Å². The van der Waals surface area contributed by atoms with Gasteiger partial charge < -0.3 is 15.6 Å². The summed E-state index contributed by atoms with van der Waals surface area (Å²) in [5.74, 6) is 0. The molecular formula is C12H27NO2. The van der Waals surface area contributed by atoms with E-state index in [9.17, 15) is 5.11 Å². The highest BCUT2D eigenvalue weighted by Crippen LogP contribution is 2.27. The summed E-state index contributed by atoms with van der Waals surface area (Å²) in [5.41, 5.74) is 5.49. The Kier molecular flexibility index (Phi) is 6.41. The largest absolute Gasteiger partial charge is 0.396 e. The number of ether oxygens (including phenoxy) is 1. The Morgan fingerprint density at radius 2 is 1.80 bits per heavy atom. The Bertz CT molecular complexity index is 159. The van der Waals surface area contributed by atoms with E-state index in [0.29, 0.717) is 13.2 Å². The Morgan fingerprint density at radius 3 is 2.13 bits per heavy atom. The van der Waals surface area contributed by atoms with Crippen LogP contribution in [0.3, 0.4) is 0 Å². The standard InChI is InChI=1S/C12H27NO2/c1-5-6-12(9-13,10-14)7-8-15-11(2,3)4/h14H,5-10,13H2,1-4H3. The lowest BCUT2D eigenvalue weighted by Gasteiger charge is -2.31. The van der Waals surface area contributed by atoms with E-state index in [0.717, 1.165) is 19.3 Å². The monoisotopic (exact) mass is 217 g/mol. The van der Waals surface area contributed by atoms with Gasteiger partial charge in [0.2, 0.25) is 0 Å². The molecule has 0 saturated carbocycles. The predicted octanol–water partition coefficient (Wildman–Crippen LogP) is 1.93. The minimum Gasteiger partial charge on any atom is -0.396 e. The molecule has 0 aliphatic carbocycles. The van der Waals surface area contributed by atoms with Crippen molar-refractivity contribution in [2.75, 3.05) is 19.8 Å². The maximum atomic E-state index is 9.40. The SMILES string of the molecule is CCCC(CN)(CO)CCOC(C)(C)C. The van der Waals surface area contributed by atoms with Gasteiger partial charge in [-0.15, -0.1) is 0 Å². The fourth-order valence-electron chi connectivity index (χ4n) is 1.66. The molecule has 0 rings (SSSR count). The van der Waals surface area contributed by atoms with Gasteiger partial charge in [-0.3, -0.25) is 0 Å². The minimum absolute atomic E-state index is 0.109. The lowest BCUT2D eigenvalue weighted by molar-refractivity contribution is -0.0270. The smallest absolute Gasteiger partial charge is 0.0598 e. The summed E-state index contributed by atoms with van der Waals surface area (Å²) >= 11 is 0. The molecule has 3 heteroatoms. The predicted molar refractivity (Wildman–Crippen MR) is 63.8 cm³/mol. The first-order chi connectivity index (χ1) is 6.89. The van der Waals surface area contributed by atoms with Crippen LogP contribution < -0.4 is 5.73 Å². The molecule has 0 radical (unpaired) electrons. The summed E-state index contributed by atoms with van der Waals surface area (Å²) in [4.78, 5) is 0. The van der Waals surface area contributed by atoms with E-state index in [2.05, 4.69) is 6.92 Å². The molecule has 0 aliphatic rings. The molecule has 1 unspecified atom stereocenters. The van der Waals surface area contributed by atoms with E-state index in [4.69, 9.17) is 10.5 Å². The van der Waals surface area contributed by atoms with Crippen LogP contribution in [0.4, 0.5) is 0 Å². The average Bonchev–Trinajstić information content (AvgIpc) is 2.14. The van der Waals surface area contributed by atoms with Crippen molar-refractivity contribution in [3.63, 3.8) is 0 Å². The van der Waals surface area contributed by atoms with Gasteiger partial charge in [-0.2, -0.15) is 0 Å². The zero-order chi connectivity index (χ0) is 11.9. The van der Waals surface area contributed by atoms with Gasteiger partial charge >= 0.3 is 0 Å². The van der Waals surface area contributed by atoms with Crippen LogP contribution in [-0.2, 0) is 4.74 Å². The summed E-state index contributed by atoms with van der Waals surface area (Å²) in [6.07, 6.45) is 2.85. The number of rotatable bonds is 7. The van der Waals surface area contributed by atoms with Crippen LogP contribution in [0.5, 0.6) is 0 Å². The third kappa shape index (κ3) is 6.13. The number of hydrogen-bond donors (Lipinski definition) is 2. The number of nitrogens with two attached hydrogens (primary N) is 1. The first-order valence-electron chi connectivity index (χ1n) is 5.84. The highest BCUT2D eigenvalue weighted by atomic mass is 16.5. The molecule has 1 atom stereocenters. The average molecular weight is 217 g/mol. The van der Waals surface area contributed by atoms with Crippen LogP contribution in [0.25, 0.3) is 0 Å². The Morgan fingerprint density at radius 1 is 1.20 bits per heavy atom. The maximum absolute atomic E-state index is 9.40. The van der Waals surface area contributed by atoms with E-state index < -0.39 is 0 Å². The fourth-order valence-corrected chi connectivity index (χ4v) is 1.66. The molecule has 0 aliphatic heterocycles. The molecule has 0 spiro atoms.